The summed E-state index contributed by atoms with van der Waals surface area (Å²) in [6, 6.07) is 7.82. The first-order valence-corrected chi connectivity index (χ1v) is 6.76. The Balaban J connectivity index is 1.77. The molecular formula is C11H11BrN2OS. The predicted octanol–water partition coefficient (Wildman–Crippen LogP) is 3.35. The maximum Gasteiger partial charge on any atom is 0.119 e. The van der Waals surface area contributed by atoms with Crippen LogP contribution in [0, 0.1) is 0 Å². The maximum atomic E-state index is 5.60. The van der Waals surface area contributed by atoms with E-state index in [-0.39, 0.29) is 0 Å². The van der Waals surface area contributed by atoms with Crippen LogP contribution in [0.1, 0.15) is 6.42 Å². The third-order valence-corrected chi connectivity index (χ3v) is 3.32. The molecule has 0 bridgehead atoms. The summed E-state index contributed by atoms with van der Waals surface area (Å²) in [5.74, 6) is 1.81. The van der Waals surface area contributed by atoms with Gasteiger partial charge in [-0.2, -0.15) is 10.2 Å². The molecule has 16 heavy (non-hydrogen) atoms. The van der Waals surface area contributed by atoms with Gasteiger partial charge in [-0.1, -0.05) is 15.9 Å². The summed E-state index contributed by atoms with van der Waals surface area (Å²) in [5.41, 5.74) is 2.85. The van der Waals surface area contributed by atoms with Gasteiger partial charge in [0.2, 0.25) is 0 Å². The van der Waals surface area contributed by atoms with Crippen LogP contribution in [0.15, 0.2) is 38.9 Å². The lowest BCUT2D eigenvalue weighted by Gasteiger charge is -2.08. The highest BCUT2D eigenvalue weighted by Crippen LogP contribution is 2.16. The van der Waals surface area contributed by atoms with Crippen molar-refractivity contribution in [3.05, 3.63) is 28.7 Å². The molecule has 1 aliphatic rings. The predicted molar refractivity (Wildman–Crippen MR) is 72.6 cm³/mol. The fourth-order valence-corrected chi connectivity index (χ4v) is 2.09. The lowest BCUT2D eigenvalue weighted by atomic mass is 10.3. The van der Waals surface area contributed by atoms with E-state index in [2.05, 4.69) is 26.1 Å². The van der Waals surface area contributed by atoms with Crippen molar-refractivity contribution in [3.8, 4) is 5.75 Å². The number of hydrogen-bond acceptors (Lipinski definition) is 4. The molecule has 84 valence electrons. The molecule has 2 rings (SSSR count). The second kappa shape index (κ2) is 6.06. The van der Waals surface area contributed by atoms with Gasteiger partial charge in [0, 0.05) is 16.6 Å². The molecule has 0 saturated carbocycles. The smallest absolute Gasteiger partial charge is 0.119 e. The fourth-order valence-electron chi connectivity index (χ4n) is 1.24. The lowest BCUT2D eigenvalue weighted by Crippen LogP contribution is -2.10. The van der Waals surface area contributed by atoms with E-state index in [4.69, 9.17) is 4.74 Å². The Morgan fingerprint density at radius 1 is 1.31 bits per heavy atom. The molecule has 0 N–H and O–H groups in total. The summed E-state index contributed by atoms with van der Waals surface area (Å²) in [5, 5.41) is 7.91. The summed E-state index contributed by atoms with van der Waals surface area (Å²) in [6.07, 6.45) is 0.834. The van der Waals surface area contributed by atoms with E-state index in [1.54, 1.807) is 17.3 Å². The van der Waals surface area contributed by atoms with E-state index in [0.29, 0.717) is 6.61 Å². The second-order valence-corrected chi connectivity index (χ2v) is 5.00. The number of benzene rings is 1. The molecule has 1 aromatic carbocycles. The van der Waals surface area contributed by atoms with Gasteiger partial charge in [0.05, 0.1) is 17.9 Å². The second-order valence-electron chi connectivity index (χ2n) is 3.25. The normalized spacial score (nSPS) is 14.7. The number of ether oxygens (including phenoxy) is 1. The Labute approximate surface area is 107 Å². The van der Waals surface area contributed by atoms with Crippen LogP contribution in [0.2, 0.25) is 0 Å². The zero-order chi connectivity index (χ0) is 11.2. The first-order chi connectivity index (χ1) is 7.84. The van der Waals surface area contributed by atoms with Crippen molar-refractivity contribution in [3.63, 3.8) is 0 Å². The molecule has 0 fully saturated rings. The standard InChI is InChI=1S/C11H11BrN2OS/c12-9-1-3-11(4-2-9)15-6-5-10-7-16-8-13-14-10/h1-4,8H,5-7H2. The van der Waals surface area contributed by atoms with Gasteiger partial charge < -0.3 is 4.74 Å². The molecule has 0 aliphatic carbocycles. The van der Waals surface area contributed by atoms with E-state index in [1.807, 2.05) is 24.3 Å². The third kappa shape index (κ3) is 3.64. The largest absolute Gasteiger partial charge is 0.493 e. The Bertz CT molecular complexity index is 403. The van der Waals surface area contributed by atoms with Crippen LogP contribution in [0.25, 0.3) is 0 Å². The minimum Gasteiger partial charge on any atom is -0.493 e. The first kappa shape index (κ1) is 11.7. The van der Waals surface area contributed by atoms with E-state index in [1.165, 1.54) is 0 Å². The number of thioether (sulfide) groups is 1. The highest BCUT2D eigenvalue weighted by molar-refractivity contribution is 9.10. The average molecular weight is 299 g/mol. The van der Waals surface area contributed by atoms with Gasteiger partial charge in [-0.15, -0.1) is 11.8 Å². The summed E-state index contributed by atoms with van der Waals surface area (Å²) in [7, 11) is 0. The monoisotopic (exact) mass is 298 g/mol. The highest BCUT2D eigenvalue weighted by Gasteiger charge is 2.03. The topological polar surface area (TPSA) is 34.0 Å². The minimum atomic E-state index is 0.649. The molecule has 0 unspecified atom stereocenters. The van der Waals surface area contributed by atoms with Gasteiger partial charge in [-0.25, -0.2) is 0 Å². The van der Waals surface area contributed by atoms with Gasteiger partial charge in [0.15, 0.2) is 0 Å². The summed E-state index contributed by atoms with van der Waals surface area (Å²) in [6.45, 7) is 0.649. The molecule has 1 aromatic rings. The third-order valence-electron chi connectivity index (χ3n) is 2.04. The van der Waals surface area contributed by atoms with Gasteiger partial charge in [0.1, 0.15) is 5.75 Å². The van der Waals surface area contributed by atoms with Crippen LogP contribution < -0.4 is 4.74 Å². The van der Waals surface area contributed by atoms with Crippen molar-refractivity contribution in [1.82, 2.24) is 0 Å². The molecular weight excluding hydrogens is 288 g/mol. The Kier molecular flexibility index (Phi) is 4.42. The molecule has 0 radical (unpaired) electrons. The summed E-state index contributed by atoms with van der Waals surface area (Å²) < 4.78 is 6.66. The SMILES string of the molecule is Brc1ccc(OCCC2=NN=CSC2)cc1. The zero-order valence-electron chi connectivity index (χ0n) is 8.60. The van der Waals surface area contributed by atoms with Crippen LogP contribution in [-0.4, -0.2) is 23.6 Å². The van der Waals surface area contributed by atoms with Gasteiger partial charge in [-0.3, -0.25) is 0 Å². The Morgan fingerprint density at radius 3 is 2.81 bits per heavy atom. The summed E-state index contributed by atoms with van der Waals surface area (Å²) >= 11 is 5.05. The number of hydrogen-bond donors (Lipinski definition) is 0. The van der Waals surface area contributed by atoms with Crippen LogP contribution in [0.5, 0.6) is 5.75 Å². The molecule has 0 spiro atoms. The molecule has 3 nitrogen and oxygen atoms in total. The van der Waals surface area contributed by atoms with Gasteiger partial charge >= 0.3 is 0 Å². The molecule has 1 heterocycles. The van der Waals surface area contributed by atoms with E-state index in [9.17, 15) is 0 Å². The highest BCUT2D eigenvalue weighted by atomic mass is 79.9. The average Bonchev–Trinajstić information content (AvgIpc) is 2.33. The van der Waals surface area contributed by atoms with Crippen molar-refractivity contribution in [2.24, 2.45) is 10.2 Å². The van der Waals surface area contributed by atoms with Crippen molar-refractivity contribution in [2.45, 2.75) is 6.42 Å². The molecule has 5 heteroatoms. The van der Waals surface area contributed by atoms with E-state index >= 15 is 0 Å². The van der Waals surface area contributed by atoms with Crippen LogP contribution in [0.3, 0.4) is 0 Å². The quantitative estimate of drug-likeness (QED) is 0.854. The Morgan fingerprint density at radius 2 is 2.12 bits per heavy atom. The fraction of sp³-hybridized carbons (Fsp3) is 0.273. The molecule has 1 aliphatic heterocycles. The van der Waals surface area contributed by atoms with Crippen LogP contribution in [0.4, 0.5) is 0 Å². The van der Waals surface area contributed by atoms with Crippen molar-refractivity contribution in [2.75, 3.05) is 12.4 Å². The van der Waals surface area contributed by atoms with Crippen molar-refractivity contribution >= 4 is 39.0 Å². The van der Waals surface area contributed by atoms with Gasteiger partial charge in [0.25, 0.3) is 0 Å². The van der Waals surface area contributed by atoms with Crippen LogP contribution >= 0.6 is 27.7 Å². The first-order valence-electron chi connectivity index (χ1n) is 4.92. The number of halogens is 1. The maximum absolute atomic E-state index is 5.60. The van der Waals surface area contributed by atoms with E-state index in [0.717, 1.165) is 28.1 Å². The van der Waals surface area contributed by atoms with Crippen LogP contribution in [-0.2, 0) is 0 Å². The van der Waals surface area contributed by atoms with Crippen molar-refractivity contribution in [1.29, 1.82) is 0 Å². The zero-order valence-corrected chi connectivity index (χ0v) is 11.0. The summed E-state index contributed by atoms with van der Waals surface area (Å²) in [4.78, 5) is 0. The minimum absolute atomic E-state index is 0.649. The lowest BCUT2D eigenvalue weighted by molar-refractivity contribution is 0.329. The molecule has 0 saturated heterocycles. The molecule has 0 aromatic heterocycles. The number of nitrogens with zero attached hydrogens (tertiary/aromatic N) is 2. The molecule has 0 amide bonds. The number of rotatable bonds is 4. The Hall–Kier alpha value is -0.810. The van der Waals surface area contributed by atoms with Gasteiger partial charge in [-0.05, 0) is 24.3 Å². The van der Waals surface area contributed by atoms with E-state index < -0.39 is 0 Å². The van der Waals surface area contributed by atoms with Crippen molar-refractivity contribution < 1.29 is 4.74 Å². The molecule has 0 atom stereocenters.